The molecular weight excluding hydrogens is 460 g/mol. The van der Waals surface area contributed by atoms with Crippen LogP contribution in [-0.4, -0.2) is 27.0 Å². The number of aromatic nitrogens is 3. The third-order valence-corrected chi connectivity index (χ3v) is 7.64. The van der Waals surface area contributed by atoms with E-state index in [-0.39, 0.29) is 5.91 Å². The molecule has 1 aliphatic heterocycles. The number of hydrogen-bond acceptors (Lipinski definition) is 5. The molecule has 1 unspecified atom stereocenters. The van der Waals surface area contributed by atoms with E-state index in [0.717, 1.165) is 59.1 Å². The number of carbonyl (C=O) groups excluding carboxylic acids is 1. The molecule has 0 bridgehead atoms. The van der Waals surface area contributed by atoms with E-state index in [1.54, 1.807) is 0 Å². The minimum atomic E-state index is -0.705. The van der Waals surface area contributed by atoms with Gasteiger partial charge in [-0.2, -0.15) is 0 Å². The monoisotopic (exact) mass is 490 g/mol. The maximum atomic E-state index is 13.0. The fourth-order valence-corrected chi connectivity index (χ4v) is 5.83. The molecule has 0 fully saturated rings. The fraction of sp³-hybridized carbons (Fsp3) is 0.233. The lowest BCUT2D eigenvalue weighted by Crippen LogP contribution is -2.45. The van der Waals surface area contributed by atoms with Crippen LogP contribution >= 0.6 is 0 Å². The number of unbranched alkanes of at least 4 members (excludes halogenated alkanes) is 1. The normalized spacial score (nSPS) is 16.9. The molecule has 1 amide bonds. The zero-order valence-electron chi connectivity index (χ0n) is 20.7. The Bertz CT molecular complexity index is 1590. The van der Waals surface area contributed by atoms with E-state index >= 15 is 0 Å². The third kappa shape index (κ3) is 3.96. The van der Waals surface area contributed by atoms with E-state index in [1.165, 1.54) is 5.56 Å². The molecule has 4 N–H and O–H groups in total. The van der Waals surface area contributed by atoms with Crippen molar-refractivity contribution < 1.29 is 4.79 Å². The minimum absolute atomic E-state index is 0.256. The van der Waals surface area contributed by atoms with Crippen molar-refractivity contribution in [2.75, 3.05) is 17.2 Å². The molecule has 2 aromatic heterocycles. The maximum Gasteiger partial charge on any atom is 0.229 e. The first-order valence-corrected chi connectivity index (χ1v) is 12.7. The molecule has 0 radical (unpaired) electrons. The molecule has 7 heteroatoms. The van der Waals surface area contributed by atoms with E-state index in [1.807, 2.05) is 54.9 Å². The Morgan fingerprint density at radius 3 is 2.54 bits per heavy atom. The predicted molar refractivity (Wildman–Crippen MR) is 148 cm³/mol. The van der Waals surface area contributed by atoms with Crippen molar-refractivity contribution in [3.8, 4) is 0 Å². The number of benzene rings is 3. The molecule has 186 valence electrons. The second-order valence-electron chi connectivity index (χ2n) is 9.91. The Morgan fingerprint density at radius 1 is 0.946 bits per heavy atom. The molecule has 3 aromatic carbocycles. The van der Waals surface area contributed by atoms with E-state index in [9.17, 15) is 4.79 Å². The van der Waals surface area contributed by atoms with Gasteiger partial charge in [0, 0.05) is 30.7 Å². The van der Waals surface area contributed by atoms with Crippen LogP contribution in [-0.2, 0) is 23.3 Å². The quantitative estimate of drug-likeness (QED) is 0.305. The number of fused-ring (bicyclic) bond motifs is 4. The van der Waals surface area contributed by atoms with E-state index < -0.39 is 5.41 Å². The van der Waals surface area contributed by atoms with Gasteiger partial charge in [-0.15, -0.1) is 0 Å². The van der Waals surface area contributed by atoms with Crippen LogP contribution < -0.4 is 16.4 Å². The summed E-state index contributed by atoms with van der Waals surface area (Å²) in [5.41, 5.74) is 17.6. The van der Waals surface area contributed by atoms with Gasteiger partial charge >= 0.3 is 0 Å². The number of aryl methyl sites for hydroxylation is 1. The van der Waals surface area contributed by atoms with Crippen LogP contribution in [0.4, 0.5) is 11.5 Å². The van der Waals surface area contributed by atoms with Gasteiger partial charge in [-0.1, -0.05) is 73.2 Å². The van der Waals surface area contributed by atoms with Crippen molar-refractivity contribution in [1.82, 2.24) is 14.5 Å². The highest BCUT2D eigenvalue weighted by Gasteiger charge is 2.46. The van der Waals surface area contributed by atoms with Crippen molar-refractivity contribution in [1.29, 1.82) is 0 Å². The number of anilines is 2. The Hall–Kier alpha value is -4.39. The number of imidazole rings is 1. The maximum absolute atomic E-state index is 13.0. The lowest BCUT2D eigenvalue weighted by molar-refractivity contribution is -0.123. The van der Waals surface area contributed by atoms with Gasteiger partial charge in [0.1, 0.15) is 5.52 Å². The van der Waals surface area contributed by atoms with Crippen molar-refractivity contribution in [3.63, 3.8) is 0 Å². The second kappa shape index (κ2) is 9.24. The molecule has 7 nitrogen and oxygen atoms in total. The van der Waals surface area contributed by atoms with Crippen LogP contribution in [0.2, 0.25) is 0 Å². The van der Waals surface area contributed by atoms with Gasteiger partial charge in [0.05, 0.1) is 22.8 Å². The molecule has 1 aliphatic rings. The Morgan fingerprint density at radius 2 is 1.70 bits per heavy atom. The molecule has 5 aromatic rings. The summed E-state index contributed by atoms with van der Waals surface area (Å²) in [6.07, 6.45) is 4.28. The minimum Gasteiger partial charge on any atom is -0.382 e. The summed E-state index contributed by atoms with van der Waals surface area (Å²) in [4.78, 5) is 24.4. The van der Waals surface area contributed by atoms with Gasteiger partial charge < -0.3 is 20.9 Å². The van der Waals surface area contributed by atoms with Crippen LogP contribution in [0.1, 0.15) is 30.4 Å². The Kier molecular flexibility index (Phi) is 5.75. The van der Waals surface area contributed by atoms with Gasteiger partial charge in [-0.25, -0.2) is 9.97 Å². The highest BCUT2D eigenvalue weighted by molar-refractivity contribution is 6.06. The van der Waals surface area contributed by atoms with Gasteiger partial charge in [-0.05, 0) is 36.1 Å². The average Bonchev–Trinajstić information content (AvgIpc) is 3.48. The van der Waals surface area contributed by atoms with Gasteiger partial charge in [0.15, 0.2) is 5.82 Å². The molecule has 3 heterocycles. The van der Waals surface area contributed by atoms with Crippen LogP contribution in [0.15, 0.2) is 85.2 Å². The van der Waals surface area contributed by atoms with Gasteiger partial charge in [0.2, 0.25) is 5.91 Å². The van der Waals surface area contributed by atoms with Crippen molar-refractivity contribution >= 4 is 39.3 Å². The van der Waals surface area contributed by atoms with Crippen molar-refractivity contribution in [3.05, 3.63) is 96.3 Å². The molecule has 0 spiro atoms. The van der Waals surface area contributed by atoms with Gasteiger partial charge in [-0.3, -0.25) is 4.79 Å². The smallest absolute Gasteiger partial charge is 0.229 e. The summed E-state index contributed by atoms with van der Waals surface area (Å²) >= 11 is 0. The van der Waals surface area contributed by atoms with Crippen LogP contribution in [0.3, 0.4) is 0 Å². The average molecular weight is 491 g/mol. The standard InChI is InChI=1S/C30H30N6O/c31-28-26-27(22-12-4-6-14-24(22)34-28)35(20-33-26)17-9-8-16-30(29(32)37)19-36(18-21-10-2-1-3-11-21)25-15-7-5-13-23(25)30/h1-7,10-15,20H,8-9,16-19H2,(H2,31,34)(H2,32,37). The third-order valence-electron chi connectivity index (χ3n) is 7.64. The largest absolute Gasteiger partial charge is 0.382 e. The first-order chi connectivity index (χ1) is 18.1. The molecule has 0 aliphatic carbocycles. The van der Waals surface area contributed by atoms with Crippen LogP contribution in [0.5, 0.6) is 0 Å². The van der Waals surface area contributed by atoms with Crippen molar-refractivity contribution in [2.24, 2.45) is 5.73 Å². The first kappa shape index (κ1) is 23.0. The molecule has 0 saturated heterocycles. The molecule has 1 atom stereocenters. The molecular formula is C30H30N6O. The summed E-state index contributed by atoms with van der Waals surface area (Å²) in [7, 11) is 0. The van der Waals surface area contributed by atoms with E-state index in [4.69, 9.17) is 11.5 Å². The Labute approximate surface area is 215 Å². The predicted octanol–water partition coefficient (Wildman–Crippen LogP) is 4.78. The summed E-state index contributed by atoms with van der Waals surface area (Å²) in [6, 6.07) is 26.6. The fourth-order valence-electron chi connectivity index (χ4n) is 5.83. The number of hydrogen-bond donors (Lipinski definition) is 2. The molecule has 0 saturated carbocycles. The van der Waals surface area contributed by atoms with E-state index in [2.05, 4.69) is 49.8 Å². The van der Waals surface area contributed by atoms with E-state index in [0.29, 0.717) is 18.8 Å². The summed E-state index contributed by atoms with van der Waals surface area (Å²) < 4.78 is 2.15. The highest BCUT2D eigenvalue weighted by atomic mass is 16.1. The summed E-state index contributed by atoms with van der Waals surface area (Å²) in [5, 5.41) is 1.04. The SMILES string of the molecule is NC(=O)C1(CCCCn2cnc3c(N)nc4ccccc4c32)CN(Cc2ccccc2)c2ccccc21. The number of carbonyl (C=O) groups is 1. The summed E-state index contributed by atoms with van der Waals surface area (Å²) in [5.74, 6) is 0.189. The highest BCUT2D eigenvalue weighted by Crippen LogP contribution is 2.44. The number of nitrogen functional groups attached to an aromatic ring is 1. The lowest BCUT2D eigenvalue weighted by Gasteiger charge is -2.28. The molecule has 37 heavy (non-hydrogen) atoms. The van der Waals surface area contributed by atoms with Crippen molar-refractivity contribution in [2.45, 2.75) is 37.8 Å². The number of rotatable bonds is 8. The number of primary amides is 1. The number of amides is 1. The number of pyridine rings is 1. The topological polar surface area (TPSA) is 103 Å². The molecule has 6 rings (SSSR count). The lowest BCUT2D eigenvalue weighted by atomic mass is 9.77. The Balaban J connectivity index is 1.23. The number of para-hydroxylation sites is 2. The number of nitrogens with zero attached hydrogens (tertiary/aromatic N) is 4. The first-order valence-electron chi connectivity index (χ1n) is 12.7. The number of nitrogens with two attached hydrogens (primary N) is 2. The zero-order chi connectivity index (χ0) is 25.4. The van der Waals surface area contributed by atoms with Crippen LogP contribution in [0, 0.1) is 0 Å². The summed E-state index contributed by atoms with van der Waals surface area (Å²) in [6.45, 7) is 2.11. The van der Waals surface area contributed by atoms with Gasteiger partial charge in [0.25, 0.3) is 0 Å². The van der Waals surface area contributed by atoms with Crippen LogP contribution in [0.25, 0.3) is 21.9 Å². The zero-order valence-corrected chi connectivity index (χ0v) is 20.7. The second-order valence-corrected chi connectivity index (χ2v) is 9.91.